The van der Waals surface area contributed by atoms with E-state index in [2.05, 4.69) is 0 Å². The lowest BCUT2D eigenvalue weighted by molar-refractivity contribution is -0.141. The van der Waals surface area contributed by atoms with Crippen molar-refractivity contribution in [1.29, 1.82) is 0 Å². The van der Waals surface area contributed by atoms with Crippen molar-refractivity contribution in [2.24, 2.45) is 0 Å². The topological polar surface area (TPSA) is 40.5 Å². The van der Waals surface area contributed by atoms with Crippen LogP contribution in [0.1, 0.15) is 33.6 Å². The van der Waals surface area contributed by atoms with E-state index >= 15 is 0 Å². The van der Waals surface area contributed by atoms with Crippen LogP contribution in [0.5, 0.6) is 0 Å². The average molecular weight is 241 g/mol. The number of carbonyl (C=O) groups is 1. The Labute approximate surface area is 93.2 Å². The summed E-state index contributed by atoms with van der Waals surface area (Å²) in [5.41, 5.74) is -0.440. The molecule has 0 aromatic heterocycles. The predicted octanol–water partition coefficient (Wildman–Crippen LogP) is 2.51. The number of carboxylic acids is 1. The number of halogens is 3. The first-order valence-electron chi connectivity index (χ1n) is 5.06. The van der Waals surface area contributed by atoms with Crippen LogP contribution >= 0.6 is 0 Å². The second-order valence-electron chi connectivity index (χ2n) is 4.70. The average Bonchev–Trinajstić information content (AvgIpc) is 1.97. The van der Waals surface area contributed by atoms with Crippen molar-refractivity contribution in [1.82, 2.24) is 4.90 Å². The molecule has 0 aromatic rings. The highest BCUT2D eigenvalue weighted by Crippen LogP contribution is 2.22. The normalized spacial score (nSPS) is 13.2. The van der Waals surface area contributed by atoms with Crippen LogP contribution in [0.3, 0.4) is 0 Å². The number of aliphatic carboxylic acids is 1. The van der Waals surface area contributed by atoms with Crippen molar-refractivity contribution in [2.75, 3.05) is 13.1 Å². The second-order valence-corrected chi connectivity index (χ2v) is 4.70. The molecular weight excluding hydrogens is 223 g/mol. The first-order chi connectivity index (χ1) is 7.02. The summed E-state index contributed by atoms with van der Waals surface area (Å²) in [4.78, 5) is 12.1. The standard InChI is InChI=1S/C10H18F3NO2/c1-9(2,3)14(7-8(15)16)6-4-5-10(11,12)13/h4-7H2,1-3H3,(H,15,16). The van der Waals surface area contributed by atoms with Crippen LogP contribution in [-0.4, -0.2) is 40.8 Å². The van der Waals surface area contributed by atoms with Crippen LogP contribution in [0.2, 0.25) is 0 Å². The molecule has 3 nitrogen and oxygen atoms in total. The molecule has 0 aliphatic heterocycles. The Morgan fingerprint density at radius 2 is 1.75 bits per heavy atom. The highest BCUT2D eigenvalue weighted by molar-refractivity contribution is 5.69. The molecule has 0 fully saturated rings. The zero-order valence-corrected chi connectivity index (χ0v) is 9.76. The van der Waals surface area contributed by atoms with Gasteiger partial charge in [-0.1, -0.05) is 0 Å². The number of hydrogen-bond acceptors (Lipinski definition) is 2. The molecule has 0 saturated heterocycles. The summed E-state index contributed by atoms with van der Waals surface area (Å²) >= 11 is 0. The van der Waals surface area contributed by atoms with E-state index in [0.29, 0.717) is 0 Å². The molecule has 96 valence electrons. The van der Waals surface area contributed by atoms with Gasteiger partial charge in [-0.25, -0.2) is 0 Å². The Hall–Kier alpha value is -0.780. The fraction of sp³-hybridized carbons (Fsp3) is 0.900. The Bertz CT molecular complexity index is 233. The van der Waals surface area contributed by atoms with Gasteiger partial charge in [-0.05, 0) is 33.7 Å². The fourth-order valence-corrected chi connectivity index (χ4v) is 1.29. The molecule has 0 aromatic carbocycles. The molecule has 0 unspecified atom stereocenters. The Morgan fingerprint density at radius 3 is 2.06 bits per heavy atom. The third-order valence-electron chi connectivity index (χ3n) is 2.16. The summed E-state index contributed by atoms with van der Waals surface area (Å²) in [5, 5.41) is 8.64. The molecule has 0 aliphatic carbocycles. The van der Waals surface area contributed by atoms with Crippen molar-refractivity contribution in [3.05, 3.63) is 0 Å². The van der Waals surface area contributed by atoms with Gasteiger partial charge in [-0.2, -0.15) is 13.2 Å². The fourth-order valence-electron chi connectivity index (χ4n) is 1.29. The zero-order valence-electron chi connectivity index (χ0n) is 9.76. The van der Waals surface area contributed by atoms with Gasteiger partial charge in [0.25, 0.3) is 0 Å². The van der Waals surface area contributed by atoms with Gasteiger partial charge in [-0.15, -0.1) is 0 Å². The van der Waals surface area contributed by atoms with Gasteiger partial charge in [0, 0.05) is 12.0 Å². The maximum Gasteiger partial charge on any atom is 0.389 e. The molecular formula is C10H18F3NO2. The number of alkyl halides is 3. The van der Waals surface area contributed by atoms with Gasteiger partial charge in [0.1, 0.15) is 0 Å². The molecule has 6 heteroatoms. The Morgan fingerprint density at radius 1 is 1.25 bits per heavy atom. The molecule has 0 radical (unpaired) electrons. The third kappa shape index (κ3) is 7.50. The summed E-state index contributed by atoms with van der Waals surface area (Å²) in [6, 6.07) is 0. The monoisotopic (exact) mass is 241 g/mol. The summed E-state index contributed by atoms with van der Waals surface area (Å²) in [6.45, 7) is 5.24. The molecule has 0 spiro atoms. The molecule has 16 heavy (non-hydrogen) atoms. The summed E-state index contributed by atoms with van der Waals surface area (Å²) in [7, 11) is 0. The van der Waals surface area contributed by atoms with E-state index < -0.39 is 24.1 Å². The van der Waals surface area contributed by atoms with Gasteiger partial charge in [0.05, 0.1) is 6.54 Å². The van der Waals surface area contributed by atoms with E-state index in [-0.39, 0.29) is 19.5 Å². The maximum atomic E-state index is 11.9. The van der Waals surface area contributed by atoms with Crippen LogP contribution in [0.25, 0.3) is 0 Å². The van der Waals surface area contributed by atoms with Gasteiger partial charge >= 0.3 is 12.1 Å². The number of nitrogens with zero attached hydrogens (tertiary/aromatic N) is 1. The number of carboxylic acid groups (broad SMARTS) is 1. The van der Waals surface area contributed by atoms with Crippen molar-refractivity contribution >= 4 is 5.97 Å². The summed E-state index contributed by atoms with van der Waals surface area (Å²) < 4.78 is 35.8. The third-order valence-corrected chi connectivity index (χ3v) is 2.16. The SMILES string of the molecule is CC(C)(C)N(CCCC(F)(F)F)CC(=O)O. The number of hydrogen-bond donors (Lipinski definition) is 1. The second kappa shape index (κ2) is 5.52. The first-order valence-corrected chi connectivity index (χ1v) is 5.06. The minimum Gasteiger partial charge on any atom is -0.480 e. The lowest BCUT2D eigenvalue weighted by Crippen LogP contribution is -2.45. The van der Waals surface area contributed by atoms with Crippen molar-refractivity contribution < 1.29 is 23.1 Å². The molecule has 0 amide bonds. The number of rotatable bonds is 5. The summed E-state index contributed by atoms with van der Waals surface area (Å²) in [5.74, 6) is -1.03. The highest BCUT2D eigenvalue weighted by atomic mass is 19.4. The minimum absolute atomic E-state index is 0.0753. The predicted molar refractivity (Wildman–Crippen MR) is 54.3 cm³/mol. The molecule has 0 heterocycles. The summed E-state index contributed by atoms with van der Waals surface area (Å²) in [6.07, 6.45) is -5.12. The van der Waals surface area contributed by atoms with E-state index in [9.17, 15) is 18.0 Å². The van der Waals surface area contributed by atoms with Gasteiger partial charge in [-0.3, -0.25) is 9.69 Å². The zero-order chi connectivity index (χ0) is 13.0. The Balaban J connectivity index is 4.19. The molecule has 0 saturated carbocycles. The van der Waals surface area contributed by atoms with E-state index in [1.165, 1.54) is 4.90 Å². The molecule has 0 aliphatic rings. The Kier molecular flexibility index (Phi) is 5.25. The first kappa shape index (κ1) is 15.2. The van der Waals surface area contributed by atoms with Crippen LogP contribution in [0.15, 0.2) is 0 Å². The molecule has 0 atom stereocenters. The lowest BCUT2D eigenvalue weighted by Gasteiger charge is -2.34. The maximum absolute atomic E-state index is 11.9. The van der Waals surface area contributed by atoms with E-state index in [1.54, 1.807) is 20.8 Å². The van der Waals surface area contributed by atoms with Gasteiger partial charge < -0.3 is 5.11 Å². The molecule has 0 rings (SSSR count). The smallest absolute Gasteiger partial charge is 0.389 e. The molecule has 0 bridgehead atoms. The van der Waals surface area contributed by atoms with Gasteiger partial charge in [0.15, 0.2) is 0 Å². The van der Waals surface area contributed by atoms with E-state index in [0.717, 1.165) is 0 Å². The van der Waals surface area contributed by atoms with Crippen LogP contribution < -0.4 is 0 Å². The van der Waals surface area contributed by atoms with Crippen molar-refractivity contribution in [3.63, 3.8) is 0 Å². The van der Waals surface area contributed by atoms with E-state index in [1.807, 2.05) is 0 Å². The largest absolute Gasteiger partial charge is 0.480 e. The van der Waals surface area contributed by atoms with Crippen molar-refractivity contribution in [2.45, 2.75) is 45.3 Å². The van der Waals surface area contributed by atoms with Gasteiger partial charge in [0.2, 0.25) is 0 Å². The lowest BCUT2D eigenvalue weighted by atomic mass is 10.1. The van der Waals surface area contributed by atoms with Crippen LogP contribution in [0, 0.1) is 0 Å². The highest BCUT2D eigenvalue weighted by Gasteiger charge is 2.28. The van der Waals surface area contributed by atoms with E-state index in [4.69, 9.17) is 5.11 Å². The minimum atomic E-state index is -4.17. The van der Waals surface area contributed by atoms with Crippen LogP contribution in [0.4, 0.5) is 13.2 Å². The van der Waals surface area contributed by atoms with Crippen molar-refractivity contribution in [3.8, 4) is 0 Å². The molecule has 1 N–H and O–H groups in total. The van der Waals surface area contributed by atoms with Crippen LogP contribution in [-0.2, 0) is 4.79 Å². The quantitative estimate of drug-likeness (QED) is 0.804.